The Morgan fingerprint density at radius 3 is 2.23 bits per heavy atom. The quantitative estimate of drug-likeness (QED) is 0.624. The maximum atomic E-state index is 13.8. The third-order valence-electron chi connectivity index (χ3n) is 6.96. The average molecular weight is 425 g/mol. The van der Waals surface area contributed by atoms with Crippen LogP contribution in [0, 0.1) is 5.92 Å². The lowest BCUT2D eigenvalue weighted by Crippen LogP contribution is -2.44. The van der Waals surface area contributed by atoms with E-state index in [1.165, 1.54) is 25.7 Å². The van der Waals surface area contributed by atoms with E-state index in [2.05, 4.69) is 11.8 Å². The minimum absolute atomic E-state index is 0.0257. The molecule has 2 amide bonds. The first-order chi connectivity index (χ1) is 15.1. The van der Waals surface area contributed by atoms with Gasteiger partial charge in [0.2, 0.25) is 0 Å². The van der Waals surface area contributed by atoms with Crippen LogP contribution in [0.2, 0.25) is 0 Å². The number of hydrogen-bond acceptors (Lipinski definition) is 4. The molecule has 0 aromatic heterocycles. The molecule has 1 unspecified atom stereocenters. The summed E-state index contributed by atoms with van der Waals surface area (Å²) < 4.78 is 5.58. The maximum Gasteiger partial charge on any atom is 0.278 e. The molecule has 0 bridgehead atoms. The lowest BCUT2D eigenvalue weighted by molar-refractivity contribution is -0.140. The number of carbonyl (C=O) groups excluding carboxylic acids is 2. The van der Waals surface area contributed by atoms with E-state index in [1.807, 2.05) is 31.2 Å². The topological polar surface area (TPSA) is 49.9 Å². The molecule has 5 heteroatoms. The van der Waals surface area contributed by atoms with Crippen LogP contribution in [0.15, 0.2) is 30.0 Å². The summed E-state index contributed by atoms with van der Waals surface area (Å²) in [6.07, 6.45) is 9.94. The Kier molecular flexibility index (Phi) is 6.99. The van der Waals surface area contributed by atoms with Crippen molar-refractivity contribution in [1.82, 2.24) is 9.80 Å². The first kappa shape index (κ1) is 21.9. The maximum absolute atomic E-state index is 13.8. The first-order valence-electron chi connectivity index (χ1n) is 12.2. The highest BCUT2D eigenvalue weighted by Crippen LogP contribution is 2.37. The number of amides is 2. The van der Waals surface area contributed by atoms with Gasteiger partial charge in [-0.2, -0.15) is 0 Å². The van der Waals surface area contributed by atoms with Crippen molar-refractivity contribution in [2.75, 3.05) is 19.7 Å². The van der Waals surface area contributed by atoms with Gasteiger partial charge in [-0.3, -0.25) is 14.5 Å². The molecule has 2 fully saturated rings. The first-order valence-corrected chi connectivity index (χ1v) is 12.2. The Bertz CT molecular complexity index is 822. The minimum Gasteiger partial charge on any atom is -0.494 e. The number of piperidine rings is 1. The molecule has 31 heavy (non-hydrogen) atoms. The van der Waals surface area contributed by atoms with Gasteiger partial charge in [0.1, 0.15) is 11.4 Å². The second-order valence-corrected chi connectivity index (χ2v) is 9.35. The van der Waals surface area contributed by atoms with E-state index < -0.39 is 0 Å². The fourth-order valence-corrected chi connectivity index (χ4v) is 5.39. The summed E-state index contributed by atoms with van der Waals surface area (Å²) in [4.78, 5) is 31.3. The highest BCUT2D eigenvalue weighted by molar-refractivity contribution is 6.35. The fourth-order valence-electron chi connectivity index (χ4n) is 5.39. The Labute approximate surface area is 186 Å². The number of nitrogens with zero attached hydrogens (tertiary/aromatic N) is 2. The van der Waals surface area contributed by atoms with Gasteiger partial charge in [-0.05, 0) is 56.2 Å². The molecule has 1 saturated carbocycles. The minimum atomic E-state index is -0.104. The number of likely N-dealkylation sites (tertiary alicyclic amines) is 1. The van der Waals surface area contributed by atoms with Crippen LogP contribution in [0.4, 0.5) is 0 Å². The van der Waals surface area contributed by atoms with Gasteiger partial charge in [0.25, 0.3) is 11.8 Å². The Hall–Kier alpha value is -2.30. The predicted molar refractivity (Wildman–Crippen MR) is 122 cm³/mol. The van der Waals surface area contributed by atoms with Crippen molar-refractivity contribution in [3.05, 3.63) is 35.5 Å². The summed E-state index contributed by atoms with van der Waals surface area (Å²) >= 11 is 0. The third kappa shape index (κ3) is 4.65. The van der Waals surface area contributed by atoms with Crippen LogP contribution >= 0.6 is 0 Å². The van der Waals surface area contributed by atoms with E-state index in [0.29, 0.717) is 23.8 Å². The molecule has 4 rings (SSSR count). The Balaban J connectivity index is 1.70. The molecule has 2 heterocycles. The summed E-state index contributed by atoms with van der Waals surface area (Å²) in [5, 5.41) is 0. The van der Waals surface area contributed by atoms with Gasteiger partial charge in [0.15, 0.2) is 0 Å². The van der Waals surface area contributed by atoms with E-state index in [0.717, 1.165) is 56.5 Å². The highest BCUT2D eigenvalue weighted by atomic mass is 16.5. The van der Waals surface area contributed by atoms with Crippen LogP contribution in [0.3, 0.4) is 0 Å². The molecule has 0 radical (unpaired) electrons. The number of imide groups is 1. The van der Waals surface area contributed by atoms with Crippen LogP contribution in [-0.4, -0.2) is 47.4 Å². The second kappa shape index (κ2) is 9.88. The summed E-state index contributed by atoms with van der Waals surface area (Å²) in [5.41, 5.74) is 2.04. The summed E-state index contributed by atoms with van der Waals surface area (Å²) in [7, 11) is 0. The molecule has 1 saturated heterocycles. The van der Waals surface area contributed by atoms with Gasteiger partial charge in [0.05, 0.1) is 12.2 Å². The van der Waals surface area contributed by atoms with Crippen molar-refractivity contribution in [1.29, 1.82) is 0 Å². The van der Waals surface area contributed by atoms with Crippen molar-refractivity contribution in [3.8, 4) is 5.75 Å². The lowest BCUT2D eigenvalue weighted by Gasteiger charge is -2.34. The SMILES string of the molecule is CCOc1ccc(C2=C(N3CCCC(C)C3)C(=O)N(C3CCCCCCC3)C2=O)cc1. The predicted octanol–water partition coefficient (Wildman–Crippen LogP) is 5.01. The summed E-state index contributed by atoms with van der Waals surface area (Å²) in [5.74, 6) is 1.14. The molecule has 1 aromatic rings. The normalized spacial score (nSPS) is 23.9. The monoisotopic (exact) mass is 424 g/mol. The van der Waals surface area contributed by atoms with Crippen molar-refractivity contribution >= 4 is 17.4 Å². The van der Waals surface area contributed by atoms with Crippen LogP contribution in [0.25, 0.3) is 5.57 Å². The van der Waals surface area contributed by atoms with Gasteiger partial charge in [-0.15, -0.1) is 0 Å². The van der Waals surface area contributed by atoms with Crippen molar-refractivity contribution in [2.45, 2.75) is 77.7 Å². The molecule has 5 nitrogen and oxygen atoms in total. The van der Waals surface area contributed by atoms with Crippen molar-refractivity contribution < 1.29 is 14.3 Å². The molecular formula is C26H36N2O3. The fraction of sp³-hybridized carbons (Fsp3) is 0.615. The Morgan fingerprint density at radius 2 is 1.58 bits per heavy atom. The highest BCUT2D eigenvalue weighted by Gasteiger charge is 2.45. The molecule has 0 spiro atoms. The Morgan fingerprint density at radius 1 is 0.903 bits per heavy atom. The summed E-state index contributed by atoms with van der Waals surface area (Å²) in [6, 6.07) is 7.69. The largest absolute Gasteiger partial charge is 0.494 e. The van der Waals surface area contributed by atoms with Crippen molar-refractivity contribution in [3.63, 3.8) is 0 Å². The lowest BCUT2D eigenvalue weighted by atomic mass is 9.95. The number of ether oxygens (including phenoxy) is 1. The van der Waals surface area contributed by atoms with Gasteiger partial charge in [-0.25, -0.2) is 0 Å². The number of benzene rings is 1. The molecule has 168 valence electrons. The molecule has 2 aliphatic heterocycles. The second-order valence-electron chi connectivity index (χ2n) is 9.35. The smallest absolute Gasteiger partial charge is 0.278 e. The van der Waals surface area contributed by atoms with Crippen LogP contribution < -0.4 is 4.74 Å². The number of rotatable bonds is 5. The van der Waals surface area contributed by atoms with E-state index >= 15 is 0 Å². The van der Waals surface area contributed by atoms with E-state index in [1.54, 1.807) is 4.90 Å². The molecule has 1 aromatic carbocycles. The van der Waals surface area contributed by atoms with Gasteiger partial charge in [0, 0.05) is 19.1 Å². The number of carbonyl (C=O) groups is 2. The van der Waals surface area contributed by atoms with Gasteiger partial charge >= 0.3 is 0 Å². The molecular weight excluding hydrogens is 388 g/mol. The van der Waals surface area contributed by atoms with E-state index in [9.17, 15) is 9.59 Å². The van der Waals surface area contributed by atoms with E-state index in [-0.39, 0.29) is 17.9 Å². The van der Waals surface area contributed by atoms with Crippen LogP contribution in [-0.2, 0) is 9.59 Å². The van der Waals surface area contributed by atoms with Gasteiger partial charge in [-0.1, -0.05) is 51.2 Å². The number of hydrogen-bond donors (Lipinski definition) is 0. The molecule has 0 N–H and O–H groups in total. The summed E-state index contributed by atoms with van der Waals surface area (Å²) in [6.45, 7) is 6.48. The molecule has 1 aliphatic carbocycles. The van der Waals surface area contributed by atoms with Crippen LogP contribution in [0.5, 0.6) is 5.75 Å². The third-order valence-corrected chi connectivity index (χ3v) is 6.96. The van der Waals surface area contributed by atoms with Crippen LogP contribution in [0.1, 0.15) is 77.2 Å². The van der Waals surface area contributed by atoms with Crippen molar-refractivity contribution in [2.24, 2.45) is 5.92 Å². The zero-order valence-corrected chi connectivity index (χ0v) is 19.1. The molecule has 1 atom stereocenters. The zero-order chi connectivity index (χ0) is 21.8. The van der Waals surface area contributed by atoms with E-state index in [4.69, 9.17) is 4.74 Å². The standard InChI is InChI=1S/C26H36N2O3/c1-3-31-22-15-13-20(14-16-22)23-24(27-17-9-10-19(2)18-27)26(30)28(25(23)29)21-11-7-5-4-6-8-12-21/h13-16,19,21H,3-12,17-18H2,1-2H3. The average Bonchev–Trinajstić information content (AvgIpc) is 2.99. The van der Waals surface area contributed by atoms with Gasteiger partial charge < -0.3 is 9.64 Å². The zero-order valence-electron chi connectivity index (χ0n) is 19.1. The molecule has 3 aliphatic rings.